The second-order valence-corrected chi connectivity index (χ2v) is 4.62. The minimum absolute atomic E-state index is 0.187. The van der Waals surface area contributed by atoms with E-state index in [1.807, 2.05) is 0 Å². The van der Waals surface area contributed by atoms with E-state index in [9.17, 15) is 4.79 Å². The van der Waals surface area contributed by atoms with Crippen molar-refractivity contribution in [2.75, 3.05) is 13.7 Å². The van der Waals surface area contributed by atoms with E-state index in [1.54, 1.807) is 18.8 Å². The van der Waals surface area contributed by atoms with Crippen molar-refractivity contribution in [3.05, 3.63) is 17.5 Å². The lowest BCUT2D eigenvalue weighted by atomic mass is 10.1. The van der Waals surface area contributed by atoms with Crippen molar-refractivity contribution >= 4 is 5.97 Å². The first-order valence-electron chi connectivity index (χ1n) is 5.93. The van der Waals surface area contributed by atoms with E-state index in [0.29, 0.717) is 24.8 Å². The smallest absolute Gasteiger partial charge is 0.339 e. The Labute approximate surface area is 107 Å². The van der Waals surface area contributed by atoms with Crippen LogP contribution >= 0.6 is 0 Å². The lowest BCUT2D eigenvalue weighted by Gasteiger charge is -2.21. The summed E-state index contributed by atoms with van der Waals surface area (Å²) in [4.78, 5) is 11.0. The van der Waals surface area contributed by atoms with E-state index in [0.717, 1.165) is 0 Å². The summed E-state index contributed by atoms with van der Waals surface area (Å²) in [5.41, 5.74) is 0.911. The van der Waals surface area contributed by atoms with Crippen molar-refractivity contribution in [3.8, 4) is 0 Å². The van der Waals surface area contributed by atoms with Crippen LogP contribution in [-0.4, -0.2) is 40.6 Å². The van der Waals surface area contributed by atoms with Crippen LogP contribution < -0.4 is 5.32 Å². The molecule has 0 spiro atoms. The fraction of sp³-hybridized carbons (Fsp3) is 0.667. The van der Waals surface area contributed by atoms with E-state index in [2.05, 4.69) is 24.3 Å². The minimum atomic E-state index is -0.951. The summed E-state index contributed by atoms with van der Waals surface area (Å²) in [6, 6.07) is 0.187. The van der Waals surface area contributed by atoms with E-state index in [-0.39, 0.29) is 11.6 Å². The van der Waals surface area contributed by atoms with Crippen LogP contribution in [0.4, 0.5) is 0 Å². The van der Waals surface area contributed by atoms with Gasteiger partial charge in [-0.05, 0) is 5.92 Å². The fourth-order valence-corrected chi connectivity index (χ4v) is 1.75. The molecule has 1 aromatic rings. The molecule has 0 radical (unpaired) electrons. The zero-order chi connectivity index (χ0) is 13.7. The fourth-order valence-electron chi connectivity index (χ4n) is 1.75. The number of aromatic nitrogens is 2. The van der Waals surface area contributed by atoms with Gasteiger partial charge in [-0.25, -0.2) is 4.79 Å². The highest BCUT2D eigenvalue weighted by atomic mass is 16.5. The molecule has 1 aromatic heterocycles. The number of rotatable bonds is 7. The van der Waals surface area contributed by atoms with Crippen LogP contribution in [0.2, 0.25) is 0 Å². The second-order valence-electron chi connectivity index (χ2n) is 4.62. The average Bonchev–Trinajstić information content (AvgIpc) is 2.65. The largest absolute Gasteiger partial charge is 0.478 e. The quantitative estimate of drug-likeness (QED) is 0.756. The molecule has 0 saturated heterocycles. The summed E-state index contributed by atoms with van der Waals surface area (Å²) in [5.74, 6) is -0.542. The number of aromatic carboxylic acids is 1. The third-order valence-electron chi connectivity index (χ3n) is 2.97. The average molecular weight is 255 g/mol. The third kappa shape index (κ3) is 3.54. The first-order valence-corrected chi connectivity index (χ1v) is 5.93. The van der Waals surface area contributed by atoms with Crippen molar-refractivity contribution in [1.82, 2.24) is 15.1 Å². The first kappa shape index (κ1) is 14.7. The Morgan fingerprint density at radius 1 is 1.61 bits per heavy atom. The van der Waals surface area contributed by atoms with Crippen molar-refractivity contribution in [1.29, 1.82) is 0 Å². The molecular weight excluding hydrogens is 234 g/mol. The number of methoxy groups -OCH3 is 1. The highest BCUT2D eigenvalue weighted by Crippen LogP contribution is 2.09. The number of hydrogen-bond acceptors (Lipinski definition) is 4. The molecular formula is C12H21N3O3. The zero-order valence-corrected chi connectivity index (χ0v) is 11.3. The molecule has 1 rings (SSSR count). The molecule has 1 unspecified atom stereocenters. The summed E-state index contributed by atoms with van der Waals surface area (Å²) in [5, 5.41) is 16.3. The first-order chi connectivity index (χ1) is 8.47. The maximum absolute atomic E-state index is 11.0. The maximum Gasteiger partial charge on any atom is 0.339 e. The maximum atomic E-state index is 11.0. The van der Waals surface area contributed by atoms with E-state index < -0.39 is 5.97 Å². The van der Waals surface area contributed by atoms with Crippen LogP contribution in [0.1, 0.15) is 29.9 Å². The Morgan fingerprint density at radius 2 is 2.28 bits per heavy atom. The van der Waals surface area contributed by atoms with Gasteiger partial charge in [-0.15, -0.1) is 0 Å². The molecule has 0 amide bonds. The van der Waals surface area contributed by atoms with Crippen molar-refractivity contribution in [3.63, 3.8) is 0 Å². The Bertz CT molecular complexity index is 401. The minimum Gasteiger partial charge on any atom is -0.478 e. The monoisotopic (exact) mass is 255 g/mol. The van der Waals surface area contributed by atoms with Gasteiger partial charge in [0, 0.05) is 26.7 Å². The van der Waals surface area contributed by atoms with Crippen molar-refractivity contribution < 1.29 is 14.6 Å². The van der Waals surface area contributed by atoms with Gasteiger partial charge in [0.2, 0.25) is 0 Å². The van der Waals surface area contributed by atoms with Gasteiger partial charge in [0.05, 0.1) is 18.5 Å². The summed E-state index contributed by atoms with van der Waals surface area (Å²) in [6.07, 6.45) is 1.38. The Morgan fingerprint density at radius 3 is 2.78 bits per heavy atom. The summed E-state index contributed by atoms with van der Waals surface area (Å²) in [7, 11) is 3.40. The Balaban J connectivity index is 2.72. The molecule has 102 valence electrons. The van der Waals surface area contributed by atoms with Crippen LogP contribution in [-0.2, 0) is 18.3 Å². The summed E-state index contributed by atoms with van der Waals surface area (Å²) in [6.45, 7) is 5.25. The number of carbonyl (C=O) groups is 1. The van der Waals surface area contributed by atoms with Gasteiger partial charge in [-0.1, -0.05) is 13.8 Å². The van der Waals surface area contributed by atoms with Gasteiger partial charge in [0.25, 0.3) is 0 Å². The van der Waals surface area contributed by atoms with Gasteiger partial charge < -0.3 is 15.2 Å². The van der Waals surface area contributed by atoms with E-state index in [4.69, 9.17) is 9.84 Å². The molecule has 0 aliphatic carbocycles. The molecule has 1 heterocycles. The summed E-state index contributed by atoms with van der Waals surface area (Å²) < 4.78 is 6.73. The van der Waals surface area contributed by atoms with Crippen LogP contribution in [0.3, 0.4) is 0 Å². The second kappa shape index (κ2) is 6.51. The molecule has 0 aliphatic heterocycles. The van der Waals surface area contributed by atoms with Gasteiger partial charge >= 0.3 is 5.97 Å². The topological polar surface area (TPSA) is 76.4 Å². The molecule has 18 heavy (non-hydrogen) atoms. The molecule has 2 N–H and O–H groups in total. The Hall–Kier alpha value is -1.40. The Kier molecular flexibility index (Phi) is 5.30. The number of carboxylic acids is 1. The van der Waals surface area contributed by atoms with Crippen LogP contribution in [0.5, 0.6) is 0 Å². The van der Waals surface area contributed by atoms with E-state index >= 15 is 0 Å². The number of nitrogens with zero attached hydrogens (tertiary/aromatic N) is 2. The van der Waals surface area contributed by atoms with Gasteiger partial charge in [0.1, 0.15) is 5.56 Å². The zero-order valence-electron chi connectivity index (χ0n) is 11.3. The molecule has 0 aromatic carbocycles. The number of nitrogens with one attached hydrogen (secondary N) is 1. The standard InChI is InChI=1S/C12H21N3O3/c1-8(2)10(7-18-4)13-6-11-9(12(16)17)5-14-15(11)3/h5,8,10,13H,6-7H2,1-4H3,(H,16,17). The predicted molar refractivity (Wildman–Crippen MR) is 67.5 cm³/mol. The molecule has 6 nitrogen and oxygen atoms in total. The highest BCUT2D eigenvalue weighted by molar-refractivity contribution is 5.88. The molecule has 0 bridgehead atoms. The van der Waals surface area contributed by atoms with Gasteiger partial charge in [-0.3, -0.25) is 4.68 Å². The molecule has 0 saturated carbocycles. The van der Waals surface area contributed by atoms with Crippen LogP contribution in [0.25, 0.3) is 0 Å². The van der Waals surface area contributed by atoms with Gasteiger partial charge in [0.15, 0.2) is 0 Å². The van der Waals surface area contributed by atoms with Crippen molar-refractivity contribution in [2.24, 2.45) is 13.0 Å². The predicted octanol–water partition coefficient (Wildman–Crippen LogP) is 0.879. The molecule has 0 aliphatic rings. The normalized spacial score (nSPS) is 12.9. The lowest BCUT2D eigenvalue weighted by Crippen LogP contribution is -2.38. The number of hydrogen-bond donors (Lipinski definition) is 2. The summed E-state index contributed by atoms with van der Waals surface area (Å²) >= 11 is 0. The number of ether oxygens (including phenoxy) is 1. The number of aryl methyl sites for hydroxylation is 1. The number of carboxylic acid groups (broad SMARTS) is 1. The molecule has 6 heteroatoms. The SMILES string of the molecule is COCC(NCc1c(C(=O)O)cnn1C)C(C)C. The van der Waals surface area contributed by atoms with Crippen LogP contribution in [0.15, 0.2) is 6.20 Å². The van der Waals surface area contributed by atoms with Crippen LogP contribution in [0, 0.1) is 5.92 Å². The molecule has 1 atom stereocenters. The van der Waals surface area contributed by atoms with Gasteiger partial charge in [-0.2, -0.15) is 5.10 Å². The highest BCUT2D eigenvalue weighted by Gasteiger charge is 2.18. The molecule has 0 fully saturated rings. The third-order valence-corrected chi connectivity index (χ3v) is 2.97. The van der Waals surface area contributed by atoms with E-state index in [1.165, 1.54) is 6.20 Å². The van der Waals surface area contributed by atoms with Crippen molar-refractivity contribution in [2.45, 2.75) is 26.4 Å². The lowest BCUT2D eigenvalue weighted by molar-refractivity contribution is 0.0695.